The Labute approximate surface area is 226 Å². The van der Waals surface area contributed by atoms with E-state index in [1.165, 1.54) is 21.3 Å². The number of nitrogens with zero attached hydrogens (tertiary/aromatic N) is 1. The van der Waals surface area contributed by atoms with Gasteiger partial charge in [0.2, 0.25) is 12.5 Å². The molecule has 2 N–H and O–H groups in total. The molecule has 0 bridgehead atoms. The molecule has 4 atom stereocenters. The summed E-state index contributed by atoms with van der Waals surface area (Å²) in [5, 5.41) is 0. The van der Waals surface area contributed by atoms with Crippen LogP contribution < -0.4 is 29.4 Å². The minimum atomic E-state index is -3.63. The summed E-state index contributed by atoms with van der Waals surface area (Å²) < 4.78 is 66.2. The number of benzene rings is 2. The summed E-state index contributed by atoms with van der Waals surface area (Å²) in [6, 6.07) is 7.38. The first kappa shape index (κ1) is 26.9. The van der Waals surface area contributed by atoms with Crippen LogP contribution in [0.3, 0.4) is 0 Å². The van der Waals surface area contributed by atoms with Gasteiger partial charge >= 0.3 is 5.97 Å². The van der Waals surface area contributed by atoms with Crippen LogP contribution in [0.1, 0.15) is 35.1 Å². The number of fused-ring (bicyclic) bond motifs is 3. The highest BCUT2D eigenvalue weighted by atomic mass is 32.2. The number of hydrogen-bond donors (Lipinski definition) is 1. The van der Waals surface area contributed by atoms with Crippen LogP contribution in [0.5, 0.6) is 28.7 Å². The number of cyclic esters (lactones) is 1. The molecule has 1 fully saturated rings. The van der Waals surface area contributed by atoms with Crippen molar-refractivity contribution in [2.45, 2.75) is 18.4 Å². The number of ether oxygens (including phenoxy) is 7. The summed E-state index contributed by atoms with van der Waals surface area (Å²) in [4.78, 5) is 13.2. The summed E-state index contributed by atoms with van der Waals surface area (Å²) in [5.74, 6) is 0.665. The lowest BCUT2D eigenvalue weighted by Gasteiger charge is -2.39. The molecule has 0 unspecified atom stereocenters. The van der Waals surface area contributed by atoms with Crippen molar-refractivity contribution < 1.29 is 46.4 Å². The Balaban J connectivity index is 1.60. The van der Waals surface area contributed by atoms with Gasteiger partial charge in [0.15, 0.2) is 23.0 Å². The SMILES string of the molecule is COc1cc([C@@H]2c3cc4c(cc3[C@@H](OCCC(N)=NS(C)(=O)=O)[C@H]3COC(=O)[C@H]23)OCO4)cc(OC)c1OC. The molecule has 5 rings (SSSR count). The molecule has 0 radical (unpaired) electrons. The van der Waals surface area contributed by atoms with E-state index in [-0.39, 0.29) is 44.2 Å². The van der Waals surface area contributed by atoms with Gasteiger partial charge in [-0.15, -0.1) is 0 Å². The third kappa shape index (κ3) is 5.03. The van der Waals surface area contributed by atoms with Crippen molar-refractivity contribution in [3.63, 3.8) is 0 Å². The number of amidine groups is 1. The summed E-state index contributed by atoms with van der Waals surface area (Å²) in [6.07, 6.45) is 0.498. The zero-order valence-corrected chi connectivity index (χ0v) is 22.8. The molecule has 2 aromatic rings. The van der Waals surface area contributed by atoms with E-state index >= 15 is 0 Å². The van der Waals surface area contributed by atoms with Crippen LogP contribution in [0, 0.1) is 11.8 Å². The molecule has 0 spiro atoms. The van der Waals surface area contributed by atoms with Crippen molar-refractivity contribution in [3.05, 3.63) is 41.0 Å². The highest BCUT2D eigenvalue weighted by Crippen LogP contribution is 2.56. The first-order valence-corrected chi connectivity index (χ1v) is 14.1. The third-order valence-electron chi connectivity index (χ3n) is 7.10. The molecule has 13 heteroatoms. The van der Waals surface area contributed by atoms with Crippen molar-refractivity contribution in [2.75, 3.05) is 47.6 Å². The number of sulfonamides is 1. The second-order valence-electron chi connectivity index (χ2n) is 9.45. The number of hydrogen-bond acceptors (Lipinski definition) is 10. The lowest BCUT2D eigenvalue weighted by Crippen LogP contribution is -2.36. The summed E-state index contributed by atoms with van der Waals surface area (Å²) >= 11 is 0. The van der Waals surface area contributed by atoms with Crippen LogP contribution in [0.2, 0.25) is 0 Å². The number of carbonyl (C=O) groups excluding carboxylic acids is 1. The van der Waals surface area contributed by atoms with Gasteiger partial charge in [-0.25, -0.2) is 8.42 Å². The van der Waals surface area contributed by atoms with Crippen LogP contribution in [-0.4, -0.2) is 67.8 Å². The van der Waals surface area contributed by atoms with E-state index in [1.54, 1.807) is 0 Å². The van der Waals surface area contributed by atoms with E-state index < -0.39 is 28.0 Å². The average Bonchev–Trinajstić information content (AvgIpc) is 3.51. The maximum atomic E-state index is 13.2. The van der Waals surface area contributed by atoms with Gasteiger partial charge in [0, 0.05) is 18.3 Å². The standard InChI is InChI=1S/C26H30N2O10S/c1-32-19-7-13(8-20(33-2)25(19)34-3)22-14-9-17-18(38-12-37-17)10-15(14)24(16-11-36-26(29)23(16)22)35-6-5-21(27)28-39(4,30)31/h7-10,16,22-24H,5-6,11-12H2,1-4H3,(H2,27,28)/t16-,22+,23-,24+/m0/s1. The first-order chi connectivity index (χ1) is 18.6. The fourth-order valence-electron chi connectivity index (χ4n) is 5.56. The second-order valence-corrected chi connectivity index (χ2v) is 11.1. The van der Waals surface area contributed by atoms with Crippen molar-refractivity contribution in [1.29, 1.82) is 0 Å². The molecule has 12 nitrogen and oxygen atoms in total. The summed E-state index contributed by atoms with van der Waals surface area (Å²) in [7, 11) is 0.959. The molecule has 0 saturated carbocycles. The third-order valence-corrected chi connectivity index (χ3v) is 7.67. The lowest BCUT2D eigenvalue weighted by atomic mass is 9.66. The van der Waals surface area contributed by atoms with Crippen molar-refractivity contribution in [3.8, 4) is 28.7 Å². The van der Waals surface area contributed by atoms with Crippen LogP contribution >= 0.6 is 0 Å². The van der Waals surface area contributed by atoms with E-state index in [2.05, 4.69) is 4.40 Å². The van der Waals surface area contributed by atoms with Crippen molar-refractivity contribution in [1.82, 2.24) is 0 Å². The van der Waals surface area contributed by atoms with E-state index in [4.69, 9.17) is 38.9 Å². The molecule has 3 aliphatic rings. The van der Waals surface area contributed by atoms with Gasteiger partial charge in [-0.2, -0.15) is 4.40 Å². The van der Waals surface area contributed by atoms with E-state index in [0.717, 1.165) is 22.9 Å². The average molecular weight is 563 g/mol. The molecule has 39 heavy (non-hydrogen) atoms. The fraction of sp³-hybridized carbons (Fsp3) is 0.462. The molecule has 2 heterocycles. The maximum absolute atomic E-state index is 13.2. The zero-order chi connectivity index (χ0) is 27.9. The van der Waals surface area contributed by atoms with Gasteiger partial charge in [-0.05, 0) is 41.0 Å². The molecule has 2 aromatic carbocycles. The van der Waals surface area contributed by atoms with E-state index in [0.29, 0.717) is 28.7 Å². The predicted octanol–water partition coefficient (Wildman–Crippen LogP) is 2.14. The Morgan fingerprint density at radius 1 is 1.00 bits per heavy atom. The van der Waals surface area contributed by atoms with E-state index in [9.17, 15) is 13.2 Å². The Bertz CT molecular complexity index is 1400. The molecule has 0 amide bonds. The van der Waals surface area contributed by atoms with Gasteiger partial charge in [-0.3, -0.25) is 4.79 Å². The highest BCUT2D eigenvalue weighted by molar-refractivity contribution is 7.89. The van der Waals surface area contributed by atoms with Gasteiger partial charge in [-0.1, -0.05) is 0 Å². The second kappa shape index (κ2) is 10.5. The summed E-state index contributed by atoms with van der Waals surface area (Å²) in [6.45, 7) is 0.303. The Kier molecular flexibility index (Phi) is 7.21. The fourth-order valence-corrected chi connectivity index (χ4v) is 6.07. The van der Waals surface area contributed by atoms with Crippen molar-refractivity contribution in [2.24, 2.45) is 22.0 Å². The Morgan fingerprint density at radius 3 is 2.23 bits per heavy atom. The van der Waals surface area contributed by atoms with E-state index in [1.807, 2.05) is 24.3 Å². The van der Waals surface area contributed by atoms with Crippen LogP contribution in [0.4, 0.5) is 0 Å². The highest BCUT2D eigenvalue weighted by Gasteiger charge is 2.53. The molecule has 0 aromatic heterocycles. The summed E-state index contributed by atoms with van der Waals surface area (Å²) in [5.41, 5.74) is 8.16. The smallest absolute Gasteiger partial charge is 0.310 e. The largest absolute Gasteiger partial charge is 0.493 e. The zero-order valence-electron chi connectivity index (χ0n) is 22.0. The van der Waals surface area contributed by atoms with Gasteiger partial charge in [0.25, 0.3) is 10.0 Å². The first-order valence-electron chi connectivity index (χ1n) is 12.2. The maximum Gasteiger partial charge on any atom is 0.310 e. The monoisotopic (exact) mass is 562 g/mol. The number of esters is 1. The number of rotatable bonds is 9. The number of carbonyl (C=O) groups is 1. The molecular weight excluding hydrogens is 532 g/mol. The van der Waals surface area contributed by atoms with Crippen LogP contribution in [0.15, 0.2) is 28.7 Å². The van der Waals surface area contributed by atoms with Crippen molar-refractivity contribution >= 4 is 21.8 Å². The minimum Gasteiger partial charge on any atom is -0.493 e. The number of methoxy groups -OCH3 is 3. The van der Waals surface area contributed by atoms with Gasteiger partial charge in [0.1, 0.15) is 5.84 Å². The predicted molar refractivity (Wildman–Crippen MR) is 138 cm³/mol. The van der Waals surface area contributed by atoms with Crippen LogP contribution in [0.25, 0.3) is 0 Å². The van der Waals surface area contributed by atoms with Crippen LogP contribution in [-0.2, 0) is 24.3 Å². The van der Waals surface area contributed by atoms with Gasteiger partial charge < -0.3 is 38.9 Å². The molecule has 210 valence electrons. The molecule has 1 aliphatic carbocycles. The molecule has 1 saturated heterocycles. The number of nitrogens with two attached hydrogens (primary N) is 1. The van der Waals surface area contributed by atoms with Gasteiger partial charge in [0.05, 0.1) is 52.8 Å². The topological polar surface area (TPSA) is 154 Å². The Morgan fingerprint density at radius 2 is 1.64 bits per heavy atom. The lowest BCUT2D eigenvalue weighted by molar-refractivity contribution is -0.141. The quantitative estimate of drug-likeness (QED) is 0.272. The normalized spacial score (nSPS) is 23.6. The minimum absolute atomic E-state index is 0.0650. The molecular formula is C26H30N2O10S. The molecule has 2 aliphatic heterocycles. The Hall–Kier alpha value is -3.71.